The van der Waals surface area contributed by atoms with Crippen LogP contribution in [-0.2, 0) is 6.42 Å². The number of hydrogen-bond acceptors (Lipinski definition) is 0. The Labute approximate surface area is 127 Å². The van der Waals surface area contributed by atoms with Crippen LogP contribution in [-0.4, -0.2) is 0 Å². The van der Waals surface area contributed by atoms with E-state index >= 15 is 0 Å². The fourth-order valence-corrected chi connectivity index (χ4v) is 1.37. The predicted octanol–water partition coefficient (Wildman–Crippen LogP) is 6.11. The molecule has 2 aromatic carbocycles. The van der Waals surface area contributed by atoms with Crippen LogP contribution >= 0.6 is 11.6 Å². The highest BCUT2D eigenvalue weighted by molar-refractivity contribution is 6.25. The van der Waals surface area contributed by atoms with Gasteiger partial charge in [0.05, 0.1) is 0 Å². The van der Waals surface area contributed by atoms with Crippen molar-refractivity contribution in [2.45, 2.75) is 6.42 Å². The first-order valence-corrected chi connectivity index (χ1v) is 6.75. The lowest BCUT2D eigenvalue weighted by atomic mass is 10.2. The molecule has 0 bridgehead atoms. The molecular weight excluding hydrogens is 264 g/mol. The Morgan fingerprint density at radius 2 is 1.25 bits per heavy atom. The van der Waals surface area contributed by atoms with Gasteiger partial charge in [-0.15, -0.1) is 6.58 Å². The van der Waals surface area contributed by atoms with Gasteiger partial charge < -0.3 is 0 Å². The maximum Gasteiger partial charge on any atom is -0.00296 e. The standard InChI is InChI=1S/C9H10.C8H8.C2H3Cl/c1-2-6-9-7-4-3-5-8-9;1-2-8-6-4-3-5-7-8;1-2-3/h2-5,7-8H,1,6H2;2-7H,1H2;2H,1H2. The topological polar surface area (TPSA) is 0 Å². The van der Waals surface area contributed by atoms with Gasteiger partial charge >= 0.3 is 0 Å². The molecule has 0 atom stereocenters. The smallest absolute Gasteiger partial charge is 0.00296 e. The molecule has 20 heavy (non-hydrogen) atoms. The van der Waals surface area contributed by atoms with E-state index in [1.165, 1.54) is 16.7 Å². The maximum absolute atomic E-state index is 4.76. The molecule has 0 saturated heterocycles. The second-order valence-corrected chi connectivity index (χ2v) is 4.06. The summed E-state index contributed by atoms with van der Waals surface area (Å²) in [6.45, 7) is 10.4. The van der Waals surface area contributed by atoms with Gasteiger partial charge in [0.1, 0.15) is 0 Å². The molecule has 0 amide bonds. The molecular formula is C19H21Cl. The van der Waals surface area contributed by atoms with Crippen LogP contribution in [0.5, 0.6) is 0 Å². The third-order valence-electron chi connectivity index (χ3n) is 2.26. The molecule has 0 radical (unpaired) electrons. The molecule has 0 aliphatic carbocycles. The van der Waals surface area contributed by atoms with Gasteiger partial charge in [-0.25, -0.2) is 0 Å². The lowest BCUT2D eigenvalue weighted by Gasteiger charge is -1.91. The van der Waals surface area contributed by atoms with E-state index in [9.17, 15) is 0 Å². The Hall–Kier alpha value is -2.05. The Morgan fingerprint density at radius 1 is 0.800 bits per heavy atom. The van der Waals surface area contributed by atoms with Crippen LogP contribution in [0.2, 0.25) is 0 Å². The Bertz CT molecular complexity index is 472. The van der Waals surface area contributed by atoms with Gasteiger partial charge in [-0.1, -0.05) is 97.6 Å². The van der Waals surface area contributed by atoms with Crippen LogP contribution in [0.1, 0.15) is 11.1 Å². The first kappa shape index (κ1) is 18.0. The van der Waals surface area contributed by atoms with E-state index in [-0.39, 0.29) is 0 Å². The summed E-state index contributed by atoms with van der Waals surface area (Å²) in [6.07, 6.45) is 4.72. The summed E-state index contributed by atoms with van der Waals surface area (Å²) in [4.78, 5) is 0. The zero-order valence-corrected chi connectivity index (χ0v) is 12.5. The minimum Gasteiger partial charge on any atom is -0.103 e. The molecule has 0 nitrogen and oxygen atoms in total. The normalized spacial score (nSPS) is 8.05. The van der Waals surface area contributed by atoms with Gasteiger partial charge in [-0.3, -0.25) is 0 Å². The van der Waals surface area contributed by atoms with Crippen molar-refractivity contribution in [3.63, 3.8) is 0 Å². The van der Waals surface area contributed by atoms with Gasteiger partial charge in [0, 0.05) is 0 Å². The zero-order chi connectivity index (χ0) is 15.1. The molecule has 2 aromatic rings. The number of rotatable bonds is 3. The van der Waals surface area contributed by atoms with Gasteiger partial charge in [-0.2, -0.15) is 0 Å². The molecule has 0 N–H and O–H groups in total. The number of allylic oxidation sites excluding steroid dienone is 1. The molecule has 0 aliphatic rings. The molecule has 0 saturated carbocycles. The number of halogens is 1. The van der Waals surface area contributed by atoms with Crippen LogP contribution < -0.4 is 0 Å². The molecule has 0 spiro atoms. The highest BCUT2D eigenvalue weighted by Crippen LogP contribution is 1.98. The zero-order valence-electron chi connectivity index (χ0n) is 11.7. The van der Waals surface area contributed by atoms with Crippen molar-refractivity contribution in [2.24, 2.45) is 0 Å². The summed E-state index contributed by atoms with van der Waals surface area (Å²) in [5, 5.41) is 0. The third kappa shape index (κ3) is 9.93. The Kier molecular flexibility index (Phi) is 12.0. The summed E-state index contributed by atoms with van der Waals surface area (Å²) in [6, 6.07) is 20.3. The lowest BCUT2D eigenvalue weighted by Crippen LogP contribution is -1.75. The molecule has 0 heterocycles. The first-order valence-electron chi connectivity index (χ1n) is 6.31. The molecule has 0 fully saturated rings. The molecule has 0 aromatic heterocycles. The van der Waals surface area contributed by atoms with Crippen molar-refractivity contribution in [3.05, 3.63) is 103 Å². The van der Waals surface area contributed by atoms with Crippen molar-refractivity contribution in [1.29, 1.82) is 0 Å². The fraction of sp³-hybridized carbons (Fsp3) is 0.0526. The predicted molar refractivity (Wildman–Crippen MR) is 92.9 cm³/mol. The Morgan fingerprint density at radius 3 is 1.60 bits per heavy atom. The first-order chi connectivity index (χ1) is 9.78. The largest absolute Gasteiger partial charge is 0.103 e. The summed E-state index contributed by atoms with van der Waals surface area (Å²) in [5.41, 5.74) is 3.72. The SMILES string of the molecule is C=CCc1ccccc1.C=CCl.C=Cc1ccccc1. The van der Waals surface area contributed by atoms with Crippen LogP contribution in [0.4, 0.5) is 0 Å². The van der Waals surface area contributed by atoms with Crippen molar-refractivity contribution in [3.8, 4) is 0 Å². The van der Waals surface area contributed by atoms with Crippen molar-refractivity contribution in [1.82, 2.24) is 0 Å². The van der Waals surface area contributed by atoms with Crippen molar-refractivity contribution < 1.29 is 0 Å². The highest BCUT2D eigenvalue weighted by atomic mass is 35.5. The average molecular weight is 285 g/mol. The summed E-state index contributed by atoms with van der Waals surface area (Å²) in [7, 11) is 0. The second-order valence-electron chi connectivity index (χ2n) is 3.75. The van der Waals surface area contributed by atoms with E-state index in [1.807, 2.05) is 60.7 Å². The van der Waals surface area contributed by atoms with Crippen LogP contribution in [0.15, 0.2) is 92.0 Å². The van der Waals surface area contributed by atoms with Crippen LogP contribution in [0, 0.1) is 0 Å². The fourth-order valence-electron chi connectivity index (χ4n) is 1.37. The highest BCUT2D eigenvalue weighted by Gasteiger charge is 1.82. The number of hydrogen-bond donors (Lipinski definition) is 0. The van der Waals surface area contributed by atoms with Crippen LogP contribution in [0.25, 0.3) is 6.08 Å². The Balaban J connectivity index is 0.000000304. The lowest BCUT2D eigenvalue weighted by molar-refractivity contribution is 1.28. The van der Waals surface area contributed by atoms with E-state index in [2.05, 4.69) is 31.9 Å². The molecule has 2 rings (SSSR count). The third-order valence-corrected chi connectivity index (χ3v) is 2.26. The molecule has 0 aliphatic heterocycles. The minimum atomic E-state index is 0.973. The second kappa shape index (κ2) is 13.4. The maximum atomic E-state index is 4.76. The average Bonchev–Trinajstić information content (AvgIpc) is 2.51. The van der Waals surface area contributed by atoms with Crippen molar-refractivity contribution in [2.75, 3.05) is 0 Å². The van der Waals surface area contributed by atoms with Gasteiger partial charge in [0.15, 0.2) is 0 Å². The monoisotopic (exact) mass is 284 g/mol. The van der Waals surface area contributed by atoms with Gasteiger partial charge in [-0.05, 0) is 23.1 Å². The van der Waals surface area contributed by atoms with E-state index in [0.29, 0.717) is 0 Å². The van der Waals surface area contributed by atoms with E-state index in [1.54, 1.807) is 0 Å². The molecule has 1 heteroatoms. The number of benzene rings is 2. The molecule has 0 unspecified atom stereocenters. The molecule has 104 valence electrons. The van der Waals surface area contributed by atoms with E-state index < -0.39 is 0 Å². The quantitative estimate of drug-likeness (QED) is 0.596. The van der Waals surface area contributed by atoms with Crippen LogP contribution in [0.3, 0.4) is 0 Å². The van der Waals surface area contributed by atoms with E-state index in [0.717, 1.165) is 6.42 Å². The summed E-state index contributed by atoms with van der Waals surface area (Å²) >= 11 is 4.76. The summed E-state index contributed by atoms with van der Waals surface area (Å²) < 4.78 is 0. The minimum absolute atomic E-state index is 0.973. The van der Waals surface area contributed by atoms with Gasteiger partial charge in [0.25, 0.3) is 0 Å². The van der Waals surface area contributed by atoms with Gasteiger partial charge in [0.2, 0.25) is 0 Å². The summed E-state index contributed by atoms with van der Waals surface area (Å²) in [5.74, 6) is 0. The van der Waals surface area contributed by atoms with E-state index in [4.69, 9.17) is 11.6 Å². The van der Waals surface area contributed by atoms with Crippen molar-refractivity contribution >= 4 is 17.7 Å².